The second-order valence-electron chi connectivity index (χ2n) is 4.56. The zero-order chi connectivity index (χ0) is 14.4. The van der Waals surface area contributed by atoms with Crippen LogP contribution in [0, 0.1) is 0 Å². The molecule has 0 fully saturated rings. The maximum atomic E-state index is 11.7. The van der Waals surface area contributed by atoms with Gasteiger partial charge in [0.2, 0.25) is 11.8 Å². The van der Waals surface area contributed by atoms with Crippen LogP contribution in [-0.2, 0) is 9.53 Å². The summed E-state index contributed by atoms with van der Waals surface area (Å²) in [5.41, 5.74) is 0.843. The molecule has 3 heteroatoms. The number of fused-ring (bicyclic) bond motifs is 1. The fraction of sp³-hybridized carbons (Fsp3) is 0.294. The molecule has 2 aromatic rings. The molecular formula is C17H19NO2. The van der Waals surface area contributed by atoms with E-state index in [4.69, 9.17) is 4.74 Å². The second kappa shape index (κ2) is 6.85. The monoisotopic (exact) mass is 269 g/mol. The zero-order valence-corrected chi connectivity index (χ0v) is 11.9. The lowest BCUT2D eigenvalue weighted by atomic mass is 10.1. The van der Waals surface area contributed by atoms with Gasteiger partial charge in [0.15, 0.2) is 0 Å². The number of carbonyl (C=O) groups excluding carboxylic acids is 1. The Morgan fingerprint density at radius 3 is 2.55 bits per heavy atom. The maximum Gasteiger partial charge on any atom is 0.248 e. The molecule has 0 N–H and O–H groups in total. The minimum atomic E-state index is -0.135. The van der Waals surface area contributed by atoms with Gasteiger partial charge < -0.3 is 4.74 Å². The van der Waals surface area contributed by atoms with Gasteiger partial charge in [-0.15, -0.1) is 0 Å². The van der Waals surface area contributed by atoms with E-state index in [-0.39, 0.29) is 5.91 Å². The van der Waals surface area contributed by atoms with E-state index < -0.39 is 0 Å². The lowest BCUT2D eigenvalue weighted by Crippen LogP contribution is -2.10. The number of aliphatic imine (C=N–C) groups is 1. The number of rotatable bonds is 4. The molecule has 0 spiro atoms. The van der Waals surface area contributed by atoms with Gasteiger partial charge in [0.05, 0.1) is 6.61 Å². The number of hydrogen-bond acceptors (Lipinski definition) is 2. The molecule has 0 atom stereocenters. The van der Waals surface area contributed by atoms with Crippen molar-refractivity contribution in [1.82, 2.24) is 0 Å². The summed E-state index contributed by atoms with van der Waals surface area (Å²) >= 11 is 0. The van der Waals surface area contributed by atoms with E-state index in [2.05, 4.69) is 11.1 Å². The third kappa shape index (κ3) is 3.44. The van der Waals surface area contributed by atoms with Crippen LogP contribution in [0.3, 0.4) is 0 Å². The molecule has 0 unspecified atom stereocenters. The summed E-state index contributed by atoms with van der Waals surface area (Å²) in [7, 11) is 0. The molecular weight excluding hydrogens is 250 g/mol. The molecule has 0 aliphatic heterocycles. The molecule has 0 aliphatic rings. The van der Waals surface area contributed by atoms with Crippen LogP contribution in [0.1, 0.15) is 32.3 Å². The molecule has 3 nitrogen and oxygen atoms in total. The van der Waals surface area contributed by atoms with Crippen LogP contribution in [-0.4, -0.2) is 18.4 Å². The van der Waals surface area contributed by atoms with Crippen molar-refractivity contribution in [2.45, 2.75) is 26.7 Å². The number of hydrogen-bond donors (Lipinski definition) is 0. The molecule has 0 aliphatic carbocycles. The SMILES string of the molecule is CCCC(=O)/N=C(\OCC)c1ccc2ccccc2c1. The molecule has 20 heavy (non-hydrogen) atoms. The zero-order valence-electron chi connectivity index (χ0n) is 11.9. The standard InChI is InChI=1S/C17H19NO2/c1-3-7-16(19)18-17(20-4-2)15-11-10-13-8-5-6-9-14(13)12-15/h5-6,8-12H,3-4,7H2,1-2H3/b18-17-. The highest BCUT2D eigenvalue weighted by molar-refractivity contribution is 6.03. The molecule has 104 valence electrons. The lowest BCUT2D eigenvalue weighted by molar-refractivity contribution is -0.117. The van der Waals surface area contributed by atoms with Crippen molar-refractivity contribution >= 4 is 22.6 Å². The van der Waals surface area contributed by atoms with Gasteiger partial charge in [-0.3, -0.25) is 4.79 Å². The van der Waals surface area contributed by atoms with Crippen LogP contribution < -0.4 is 0 Å². The Kier molecular flexibility index (Phi) is 4.88. The minimum absolute atomic E-state index is 0.135. The van der Waals surface area contributed by atoms with E-state index in [0.29, 0.717) is 18.9 Å². The second-order valence-corrected chi connectivity index (χ2v) is 4.56. The molecule has 0 aromatic heterocycles. The van der Waals surface area contributed by atoms with Crippen molar-refractivity contribution in [3.05, 3.63) is 48.0 Å². The first-order valence-electron chi connectivity index (χ1n) is 6.98. The van der Waals surface area contributed by atoms with Gasteiger partial charge in [-0.1, -0.05) is 37.3 Å². The average Bonchev–Trinajstić information content (AvgIpc) is 2.46. The first-order valence-corrected chi connectivity index (χ1v) is 6.98. The predicted octanol–water partition coefficient (Wildman–Crippen LogP) is 3.95. The van der Waals surface area contributed by atoms with Gasteiger partial charge in [0.1, 0.15) is 0 Å². The van der Waals surface area contributed by atoms with E-state index in [0.717, 1.165) is 22.8 Å². The largest absolute Gasteiger partial charge is 0.477 e. The van der Waals surface area contributed by atoms with Crippen LogP contribution in [0.2, 0.25) is 0 Å². The molecule has 0 heterocycles. The molecule has 0 saturated heterocycles. The predicted molar refractivity (Wildman–Crippen MR) is 82.0 cm³/mol. The van der Waals surface area contributed by atoms with Crippen LogP contribution in [0.25, 0.3) is 10.8 Å². The minimum Gasteiger partial charge on any atom is -0.477 e. The Balaban J connectivity index is 2.38. The Hall–Kier alpha value is -2.16. The molecule has 2 aromatic carbocycles. The fourth-order valence-corrected chi connectivity index (χ4v) is 2.02. The smallest absolute Gasteiger partial charge is 0.248 e. The number of carbonyl (C=O) groups is 1. The summed E-state index contributed by atoms with van der Waals surface area (Å²) in [5, 5.41) is 2.27. The van der Waals surface area contributed by atoms with Gasteiger partial charge >= 0.3 is 0 Å². The Morgan fingerprint density at radius 2 is 1.85 bits per heavy atom. The number of nitrogens with zero attached hydrogens (tertiary/aromatic N) is 1. The lowest BCUT2D eigenvalue weighted by Gasteiger charge is -2.08. The first-order chi connectivity index (χ1) is 9.74. The number of ether oxygens (including phenoxy) is 1. The van der Waals surface area contributed by atoms with Gasteiger partial charge in [-0.05, 0) is 36.2 Å². The Bertz CT molecular complexity index is 632. The van der Waals surface area contributed by atoms with Crippen LogP contribution >= 0.6 is 0 Å². The van der Waals surface area contributed by atoms with Crippen molar-refractivity contribution in [3.63, 3.8) is 0 Å². The van der Waals surface area contributed by atoms with E-state index in [1.807, 2.05) is 50.2 Å². The molecule has 0 radical (unpaired) electrons. The van der Waals surface area contributed by atoms with E-state index >= 15 is 0 Å². The normalized spacial score (nSPS) is 11.6. The number of amides is 1. The van der Waals surface area contributed by atoms with Crippen LogP contribution in [0.4, 0.5) is 0 Å². The third-order valence-corrected chi connectivity index (χ3v) is 2.97. The van der Waals surface area contributed by atoms with E-state index in [1.165, 1.54) is 0 Å². The first kappa shape index (κ1) is 14.3. The molecule has 0 bridgehead atoms. The van der Waals surface area contributed by atoms with Gasteiger partial charge in [0.25, 0.3) is 0 Å². The van der Waals surface area contributed by atoms with Gasteiger partial charge in [-0.2, -0.15) is 4.99 Å². The van der Waals surface area contributed by atoms with E-state index in [1.54, 1.807) is 0 Å². The maximum absolute atomic E-state index is 11.7. The molecule has 2 rings (SSSR count). The fourth-order valence-electron chi connectivity index (χ4n) is 2.02. The van der Waals surface area contributed by atoms with Crippen molar-refractivity contribution in [2.24, 2.45) is 4.99 Å². The topological polar surface area (TPSA) is 38.7 Å². The summed E-state index contributed by atoms with van der Waals surface area (Å²) in [6.45, 7) is 4.34. The summed E-state index contributed by atoms with van der Waals surface area (Å²) < 4.78 is 5.52. The van der Waals surface area contributed by atoms with Crippen molar-refractivity contribution in [1.29, 1.82) is 0 Å². The molecule has 1 amide bonds. The highest BCUT2D eigenvalue weighted by Gasteiger charge is 2.08. The summed E-state index contributed by atoms with van der Waals surface area (Å²) in [6, 6.07) is 14.0. The van der Waals surface area contributed by atoms with Crippen LogP contribution in [0.15, 0.2) is 47.5 Å². The van der Waals surface area contributed by atoms with Gasteiger partial charge in [-0.25, -0.2) is 0 Å². The Morgan fingerprint density at radius 1 is 1.10 bits per heavy atom. The van der Waals surface area contributed by atoms with Gasteiger partial charge in [0, 0.05) is 12.0 Å². The van der Waals surface area contributed by atoms with E-state index in [9.17, 15) is 4.79 Å². The highest BCUT2D eigenvalue weighted by atomic mass is 16.5. The highest BCUT2D eigenvalue weighted by Crippen LogP contribution is 2.17. The van der Waals surface area contributed by atoms with Crippen molar-refractivity contribution in [2.75, 3.05) is 6.61 Å². The van der Waals surface area contributed by atoms with Crippen molar-refractivity contribution in [3.8, 4) is 0 Å². The molecule has 0 saturated carbocycles. The van der Waals surface area contributed by atoms with Crippen molar-refractivity contribution < 1.29 is 9.53 Å². The van der Waals surface area contributed by atoms with Crippen LogP contribution in [0.5, 0.6) is 0 Å². The Labute approximate surface area is 119 Å². The summed E-state index contributed by atoms with van der Waals surface area (Å²) in [4.78, 5) is 15.8. The average molecular weight is 269 g/mol. The number of benzene rings is 2. The summed E-state index contributed by atoms with van der Waals surface area (Å²) in [6.07, 6.45) is 1.24. The quantitative estimate of drug-likeness (QED) is 0.622. The summed E-state index contributed by atoms with van der Waals surface area (Å²) in [5.74, 6) is 0.279. The third-order valence-electron chi connectivity index (χ3n) is 2.97.